The van der Waals surface area contributed by atoms with Crippen molar-refractivity contribution in [1.82, 2.24) is 4.90 Å². The lowest BCUT2D eigenvalue weighted by Gasteiger charge is -2.31. The smallest absolute Gasteiger partial charge is 0.246 e. The van der Waals surface area contributed by atoms with Crippen molar-refractivity contribution in [2.45, 2.75) is 25.0 Å². The molecule has 142 valence electrons. The fourth-order valence-electron chi connectivity index (χ4n) is 4.66. The molecule has 0 aromatic heterocycles. The maximum absolute atomic E-state index is 13.5. The summed E-state index contributed by atoms with van der Waals surface area (Å²) in [4.78, 5) is 17.4. The second-order valence-corrected chi connectivity index (χ2v) is 7.36. The highest BCUT2D eigenvalue weighted by Crippen LogP contribution is 2.47. The van der Waals surface area contributed by atoms with Crippen LogP contribution in [0.25, 0.3) is 10.8 Å². The monoisotopic (exact) mass is 376 g/mol. The molecule has 2 aliphatic heterocycles. The number of hydrogen-bond donors (Lipinski definition) is 0. The number of halogens is 1. The maximum Gasteiger partial charge on any atom is 0.246 e. The highest BCUT2D eigenvalue weighted by molar-refractivity contribution is 6.02. The summed E-state index contributed by atoms with van der Waals surface area (Å²) in [7, 11) is 1.66. The van der Waals surface area contributed by atoms with Crippen LogP contribution in [-0.4, -0.2) is 30.5 Å². The molecule has 5 heteroatoms. The fraction of sp³-hybridized carbons (Fsp3) is 0.261. The molecule has 2 atom stereocenters. The third-order valence-electron chi connectivity index (χ3n) is 5.89. The topological polar surface area (TPSA) is 32.8 Å². The number of hydrogen-bond acceptors (Lipinski definition) is 3. The standard InChI is InChI=1S/C23H21FN2O2/c1-28-20-13-8-15-5-2-3-6-18(15)21(20)22-25-14-4-7-19(25)23(27)26(22)17-11-9-16(24)10-12-17/h2-3,5-6,8-13,19,22H,4,7,14H2,1H3/t19-,22-/m0/s1. The van der Waals surface area contributed by atoms with Gasteiger partial charge in [0.25, 0.3) is 0 Å². The molecule has 5 rings (SSSR count). The summed E-state index contributed by atoms with van der Waals surface area (Å²) in [5, 5.41) is 2.17. The van der Waals surface area contributed by atoms with E-state index in [-0.39, 0.29) is 23.9 Å². The molecule has 0 radical (unpaired) electrons. The van der Waals surface area contributed by atoms with E-state index in [1.807, 2.05) is 29.2 Å². The van der Waals surface area contributed by atoms with Crippen molar-refractivity contribution in [3.63, 3.8) is 0 Å². The molecule has 2 fully saturated rings. The lowest BCUT2D eigenvalue weighted by molar-refractivity contribution is -0.119. The zero-order valence-corrected chi connectivity index (χ0v) is 15.6. The van der Waals surface area contributed by atoms with Gasteiger partial charge in [-0.05, 0) is 53.9 Å². The third-order valence-corrected chi connectivity index (χ3v) is 5.89. The summed E-state index contributed by atoms with van der Waals surface area (Å²) >= 11 is 0. The first-order valence-electron chi connectivity index (χ1n) is 9.59. The number of rotatable bonds is 3. The number of ether oxygens (including phenoxy) is 1. The Labute approximate surface area is 163 Å². The van der Waals surface area contributed by atoms with Crippen molar-refractivity contribution < 1.29 is 13.9 Å². The van der Waals surface area contributed by atoms with Gasteiger partial charge in [-0.2, -0.15) is 0 Å². The molecular weight excluding hydrogens is 355 g/mol. The van der Waals surface area contributed by atoms with Crippen LogP contribution in [0, 0.1) is 5.82 Å². The Hall–Kier alpha value is -2.92. The summed E-state index contributed by atoms with van der Waals surface area (Å²) in [6.45, 7) is 0.852. The van der Waals surface area contributed by atoms with Gasteiger partial charge in [0.05, 0.1) is 13.2 Å². The number of methoxy groups -OCH3 is 1. The minimum absolute atomic E-state index is 0.0732. The number of amides is 1. The van der Waals surface area contributed by atoms with Crippen LogP contribution in [0.4, 0.5) is 10.1 Å². The van der Waals surface area contributed by atoms with Crippen LogP contribution in [0.1, 0.15) is 24.6 Å². The minimum atomic E-state index is -0.310. The van der Waals surface area contributed by atoms with Crippen LogP contribution in [0.3, 0.4) is 0 Å². The molecule has 2 heterocycles. The molecule has 2 saturated heterocycles. The van der Waals surface area contributed by atoms with E-state index in [0.29, 0.717) is 5.69 Å². The van der Waals surface area contributed by atoms with Gasteiger partial charge in [0.15, 0.2) is 0 Å². The van der Waals surface area contributed by atoms with Crippen LogP contribution >= 0.6 is 0 Å². The van der Waals surface area contributed by atoms with E-state index in [4.69, 9.17) is 4.74 Å². The summed E-state index contributed by atoms with van der Waals surface area (Å²) in [5.74, 6) is 0.524. The van der Waals surface area contributed by atoms with Crippen LogP contribution in [0.2, 0.25) is 0 Å². The van der Waals surface area contributed by atoms with Gasteiger partial charge < -0.3 is 4.74 Å². The van der Waals surface area contributed by atoms with Crippen molar-refractivity contribution in [1.29, 1.82) is 0 Å². The molecule has 2 aliphatic rings. The summed E-state index contributed by atoms with van der Waals surface area (Å²) in [6.07, 6.45) is 1.57. The van der Waals surface area contributed by atoms with Gasteiger partial charge in [-0.1, -0.05) is 30.3 Å². The Morgan fingerprint density at radius 3 is 2.61 bits per heavy atom. The van der Waals surface area contributed by atoms with E-state index in [1.165, 1.54) is 12.1 Å². The SMILES string of the molecule is COc1ccc2ccccc2c1[C@@H]1N(c2ccc(F)cc2)C(=O)[C@@H]2CCCN12. The minimum Gasteiger partial charge on any atom is -0.496 e. The van der Waals surface area contributed by atoms with Crippen LogP contribution in [0.5, 0.6) is 5.75 Å². The Morgan fingerprint density at radius 2 is 1.82 bits per heavy atom. The Balaban J connectivity index is 1.75. The lowest BCUT2D eigenvalue weighted by atomic mass is 10.00. The largest absolute Gasteiger partial charge is 0.496 e. The summed E-state index contributed by atoms with van der Waals surface area (Å²) < 4.78 is 19.2. The van der Waals surface area contributed by atoms with E-state index < -0.39 is 0 Å². The average Bonchev–Trinajstić information content (AvgIpc) is 3.30. The molecule has 3 aromatic rings. The summed E-state index contributed by atoms with van der Waals surface area (Å²) in [5.41, 5.74) is 1.70. The second kappa shape index (κ2) is 6.60. The van der Waals surface area contributed by atoms with Crippen molar-refractivity contribution in [3.8, 4) is 5.75 Å². The molecular formula is C23H21FN2O2. The van der Waals surface area contributed by atoms with E-state index in [0.717, 1.165) is 41.5 Å². The van der Waals surface area contributed by atoms with Crippen molar-refractivity contribution in [3.05, 3.63) is 72.0 Å². The molecule has 0 unspecified atom stereocenters. The number of anilines is 1. The Kier molecular flexibility index (Phi) is 4.05. The van der Waals surface area contributed by atoms with Gasteiger partial charge in [0, 0.05) is 17.8 Å². The number of fused-ring (bicyclic) bond motifs is 2. The number of nitrogens with zero attached hydrogens (tertiary/aromatic N) is 2. The third kappa shape index (κ3) is 2.50. The van der Waals surface area contributed by atoms with Crippen molar-refractivity contribution >= 4 is 22.4 Å². The molecule has 28 heavy (non-hydrogen) atoms. The fourth-order valence-corrected chi connectivity index (χ4v) is 4.66. The molecule has 0 N–H and O–H groups in total. The van der Waals surface area contributed by atoms with Gasteiger partial charge in [0.2, 0.25) is 5.91 Å². The summed E-state index contributed by atoms with van der Waals surface area (Å²) in [6, 6.07) is 18.2. The van der Waals surface area contributed by atoms with Crippen LogP contribution in [-0.2, 0) is 4.79 Å². The zero-order chi connectivity index (χ0) is 19.3. The number of carbonyl (C=O) groups is 1. The van der Waals surface area contributed by atoms with Crippen molar-refractivity contribution in [2.75, 3.05) is 18.6 Å². The van der Waals surface area contributed by atoms with Crippen molar-refractivity contribution in [2.24, 2.45) is 0 Å². The highest BCUT2D eigenvalue weighted by Gasteiger charge is 2.50. The number of carbonyl (C=O) groups excluding carboxylic acids is 1. The second-order valence-electron chi connectivity index (χ2n) is 7.36. The Bertz CT molecular complexity index is 1050. The van der Waals surface area contributed by atoms with E-state index in [9.17, 15) is 9.18 Å². The molecule has 0 saturated carbocycles. The van der Waals surface area contributed by atoms with E-state index in [2.05, 4.69) is 17.0 Å². The first-order valence-corrected chi connectivity index (χ1v) is 9.59. The normalized spacial score (nSPS) is 22.1. The van der Waals surface area contributed by atoms with Gasteiger partial charge in [-0.3, -0.25) is 14.6 Å². The lowest BCUT2D eigenvalue weighted by Crippen LogP contribution is -2.32. The molecule has 0 aliphatic carbocycles. The first kappa shape index (κ1) is 17.2. The Morgan fingerprint density at radius 1 is 1.04 bits per heavy atom. The van der Waals surface area contributed by atoms with Gasteiger partial charge in [-0.25, -0.2) is 4.39 Å². The quantitative estimate of drug-likeness (QED) is 0.675. The zero-order valence-electron chi connectivity index (χ0n) is 15.6. The van der Waals surface area contributed by atoms with Crippen LogP contribution in [0.15, 0.2) is 60.7 Å². The maximum atomic E-state index is 13.5. The highest BCUT2D eigenvalue weighted by atomic mass is 19.1. The molecule has 4 nitrogen and oxygen atoms in total. The molecule has 1 amide bonds. The number of benzene rings is 3. The first-order chi connectivity index (χ1) is 13.7. The van der Waals surface area contributed by atoms with Gasteiger partial charge >= 0.3 is 0 Å². The van der Waals surface area contributed by atoms with Crippen LogP contribution < -0.4 is 9.64 Å². The average molecular weight is 376 g/mol. The van der Waals surface area contributed by atoms with E-state index >= 15 is 0 Å². The molecule has 0 bridgehead atoms. The predicted octanol–water partition coefficient (Wildman–Crippen LogP) is 4.50. The molecule has 3 aromatic carbocycles. The van der Waals surface area contributed by atoms with E-state index in [1.54, 1.807) is 19.2 Å². The molecule has 0 spiro atoms. The van der Waals surface area contributed by atoms with Gasteiger partial charge in [0.1, 0.15) is 17.7 Å². The van der Waals surface area contributed by atoms with Gasteiger partial charge in [-0.15, -0.1) is 0 Å². The predicted molar refractivity (Wildman–Crippen MR) is 107 cm³/mol.